The molecule has 0 amide bonds. The summed E-state index contributed by atoms with van der Waals surface area (Å²) in [5.74, 6) is 0.959. The lowest BCUT2D eigenvalue weighted by atomic mass is 9.92. The van der Waals surface area contributed by atoms with E-state index in [0.29, 0.717) is 0 Å². The highest BCUT2D eigenvalue weighted by Crippen LogP contribution is 2.34. The Kier molecular flexibility index (Phi) is 5.64. The summed E-state index contributed by atoms with van der Waals surface area (Å²) in [6.07, 6.45) is 4.37. The Hall–Kier alpha value is -2.33. The molecule has 1 saturated carbocycles. The monoisotopic (exact) mass is 406 g/mol. The standard InChI is InChI=1S/C25H30N2OS/c1-17-9-7-10-18(15-17)16-21(24-27-20-13-5-6-14-22(20)29-24)26-23(19-11-8-12-19)28-25(2,3)4/h5-7,9-10,13-15,21,26H,8,11-12,16H2,1-4H3. The van der Waals surface area contributed by atoms with Crippen molar-refractivity contribution >= 4 is 21.6 Å². The third-order valence-electron chi connectivity index (χ3n) is 5.12. The lowest BCUT2D eigenvalue weighted by molar-refractivity contribution is 0.0326. The van der Waals surface area contributed by atoms with Crippen molar-refractivity contribution in [1.82, 2.24) is 10.3 Å². The molecule has 1 N–H and O–H groups in total. The van der Waals surface area contributed by atoms with Gasteiger partial charge in [-0.2, -0.15) is 0 Å². The number of thiazole rings is 1. The lowest BCUT2D eigenvalue weighted by Gasteiger charge is -2.31. The van der Waals surface area contributed by atoms with Crippen LogP contribution in [0.3, 0.4) is 0 Å². The molecule has 0 radical (unpaired) electrons. The smallest absolute Gasteiger partial charge is 0.186 e. The molecule has 1 unspecified atom stereocenters. The van der Waals surface area contributed by atoms with Gasteiger partial charge in [-0.15, -0.1) is 11.3 Å². The number of ether oxygens (including phenoxy) is 1. The number of para-hydroxylation sites is 1. The molecule has 2 aromatic carbocycles. The molecule has 0 bridgehead atoms. The van der Waals surface area contributed by atoms with Gasteiger partial charge in [0.2, 0.25) is 0 Å². The van der Waals surface area contributed by atoms with Crippen molar-refractivity contribution in [3.8, 4) is 0 Å². The molecule has 3 aromatic rings. The van der Waals surface area contributed by atoms with Crippen LogP contribution in [0.2, 0.25) is 0 Å². The fraction of sp³-hybridized carbons (Fsp3) is 0.400. The molecular formula is C25H30N2OS. The van der Waals surface area contributed by atoms with Crippen molar-refractivity contribution in [3.63, 3.8) is 0 Å². The van der Waals surface area contributed by atoms with Gasteiger partial charge < -0.3 is 10.1 Å². The number of allylic oxidation sites excluding steroid dienone is 1. The van der Waals surface area contributed by atoms with Crippen LogP contribution < -0.4 is 5.32 Å². The van der Waals surface area contributed by atoms with Crippen molar-refractivity contribution in [2.24, 2.45) is 0 Å². The maximum atomic E-state index is 6.37. The SMILES string of the molecule is Cc1cccc(CC(NC(OC(C)(C)C)=C2CCC2)c2nc3ccccc3s2)c1. The van der Waals surface area contributed by atoms with E-state index in [2.05, 4.69) is 81.5 Å². The number of nitrogens with zero attached hydrogens (tertiary/aromatic N) is 1. The predicted molar refractivity (Wildman–Crippen MR) is 122 cm³/mol. The summed E-state index contributed by atoms with van der Waals surface area (Å²) in [5, 5.41) is 4.88. The molecular weight excluding hydrogens is 376 g/mol. The van der Waals surface area contributed by atoms with Crippen molar-refractivity contribution in [1.29, 1.82) is 0 Å². The Balaban J connectivity index is 1.68. The maximum Gasteiger partial charge on any atom is 0.186 e. The zero-order valence-corrected chi connectivity index (χ0v) is 18.6. The first-order valence-corrected chi connectivity index (χ1v) is 11.3. The highest BCUT2D eigenvalue weighted by Gasteiger charge is 2.25. The van der Waals surface area contributed by atoms with Gasteiger partial charge >= 0.3 is 0 Å². The fourth-order valence-electron chi connectivity index (χ4n) is 3.56. The average Bonchev–Trinajstić information content (AvgIpc) is 3.02. The van der Waals surface area contributed by atoms with Crippen molar-refractivity contribution in [3.05, 3.63) is 76.1 Å². The van der Waals surface area contributed by atoms with Gasteiger partial charge in [-0.3, -0.25) is 0 Å². The third kappa shape index (κ3) is 4.99. The number of hydrogen-bond acceptors (Lipinski definition) is 4. The second-order valence-electron chi connectivity index (χ2n) is 8.91. The fourth-order valence-corrected chi connectivity index (χ4v) is 4.58. The van der Waals surface area contributed by atoms with E-state index in [1.165, 1.54) is 27.8 Å². The van der Waals surface area contributed by atoms with Crippen LogP contribution in [0.5, 0.6) is 0 Å². The second kappa shape index (κ2) is 8.19. The first kappa shape index (κ1) is 20.0. The minimum absolute atomic E-state index is 0.0830. The van der Waals surface area contributed by atoms with Crippen LogP contribution >= 0.6 is 11.3 Å². The van der Waals surface area contributed by atoms with Crippen LogP contribution in [0.1, 0.15) is 62.2 Å². The molecule has 1 aliphatic carbocycles. The molecule has 4 rings (SSSR count). The summed E-state index contributed by atoms with van der Waals surface area (Å²) in [6.45, 7) is 8.48. The topological polar surface area (TPSA) is 34.1 Å². The molecule has 1 heterocycles. The number of aryl methyl sites for hydroxylation is 1. The first-order valence-electron chi connectivity index (χ1n) is 10.5. The summed E-state index contributed by atoms with van der Waals surface area (Å²) in [7, 11) is 0. The Morgan fingerprint density at radius 1 is 1.14 bits per heavy atom. The summed E-state index contributed by atoms with van der Waals surface area (Å²) in [4.78, 5) is 4.96. The Morgan fingerprint density at radius 3 is 2.59 bits per heavy atom. The molecule has 152 valence electrons. The lowest BCUT2D eigenvalue weighted by Crippen LogP contribution is -2.32. The molecule has 1 aromatic heterocycles. The van der Waals surface area contributed by atoms with Gasteiger partial charge in [0.25, 0.3) is 0 Å². The molecule has 0 aliphatic heterocycles. The number of hydrogen-bond donors (Lipinski definition) is 1. The summed E-state index contributed by atoms with van der Waals surface area (Å²) < 4.78 is 7.60. The van der Waals surface area contributed by atoms with Crippen LogP contribution in [-0.2, 0) is 11.2 Å². The number of nitrogens with one attached hydrogen (secondary N) is 1. The Labute approximate surface area is 177 Å². The number of benzene rings is 2. The predicted octanol–water partition coefficient (Wildman–Crippen LogP) is 6.69. The van der Waals surface area contributed by atoms with Crippen LogP contribution in [-0.4, -0.2) is 10.6 Å². The van der Waals surface area contributed by atoms with Gasteiger partial charge in [0, 0.05) is 0 Å². The maximum absolute atomic E-state index is 6.37. The molecule has 1 atom stereocenters. The van der Waals surface area contributed by atoms with E-state index in [0.717, 1.165) is 35.7 Å². The van der Waals surface area contributed by atoms with Crippen LogP contribution in [0.25, 0.3) is 10.2 Å². The van der Waals surface area contributed by atoms with Gasteiger partial charge in [-0.1, -0.05) is 42.0 Å². The number of fused-ring (bicyclic) bond motifs is 1. The molecule has 1 aliphatic rings. The largest absolute Gasteiger partial charge is 0.474 e. The van der Waals surface area contributed by atoms with Crippen LogP contribution in [0, 0.1) is 6.92 Å². The van der Waals surface area contributed by atoms with Crippen molar-refractivity contribution < 1.29 is 4.74 Å². The molecule has 1 fully saturated rings. The zero-order chi connectivity index (χ0) is 20.4. The number of rotatable bonds is 6. The third-order valence-corrected chi connectivity index (χ3v) is 6.27. The van der Waals surface area contributed by atoms with E-state index >= 15 is 0 Å². The molecule has 0 saturated heterocycles. The average molecular weight is 407 g/mol. The van der Waals surface area contributed by atoms with E-state index in [-0.39, 0.29) is 11.6 Å². The van der Waals surface area contributed by atoms with Gasteiger partial charge in [0.1, 0.15) is 10.6 Å². The first-order chi connectivity index (χ1) is 13.9. The minimum Gasteiger partial charge on any atom is -0.474 e. The van der Waals surface area contributed by atoms with E-state index in [1.54, 1.807) is 11.3 Å². The summed E-state index contributed by atoms with van der Waals surface area (Å²) >= 11 is 1.77. The van der Waals surface area contributed by atoms with E-state index in [9.17, 15) is 0 Å². The normalized spacial score (nSPS) is 15.1. The minimum atomic E-state index is -0.230. The van der Waals surface area contributed by atoms with E-state index in [4.69, 9.17) is 9.72 Å². The molecule has 4 heteroatoms. The van der Waals surface area contributed by atoms with E-state index in [1.807, 2.05) is 0 Å². The van der Waals surface area contributed by atoms with Crippen molar-refractivity contribution in [2.45, 2.75) is 65.0 Å². The van der Waals surface area contributed by atoms with Gasteiger partial charge in [0.15, 0.2) is 5.88 Å². The highest BCUT2D eigenvalue weighted by molar-refractivity contribution is 7.18. The van der Waals surface area contributed by atoms with Gasteiger partial charge in [0.05, 0.1) is 16.3 Å². The van der Waals surface area contributed by atoms with Gasteiger partial charge in [-0.05, 0) is 76.6 Å². The van der Waals surface area contributed by atoms with E-state index < -0.39 is 0 Å². The second-order valence-corrected chi connectivity index (χ2v) is 9.97. The Bertz CT molecular complexity index is 989. The summed E-state index contributed by atoms with van der Waals surface area (Å²) in [5.41, 5.74) is 4.84. The number of aromatic nitrogens is 1. The summed E-state index contributed by atoms with van der Waals surface area (Å²) in [6, 6.07) is 17.2. The van der Waals surface area contributed by atoms with Crippen molar-refractivity contribution in [2.75, 3.05) is 0 Å². The van der Waals surface area contributed by atoms with Crippen LogP contribution in [0.15, 0.2) is 60.0 Å². The van der Waals surface area contributed by atoms with Crippen LogP contribution in [0.4, 0.5) is 0 Å². The highest BCUT2D eigenvalue weighted by atomic mass is 32.1. The molecule has 3 nitrogen and oxygen atoms in total. The zero-order valence-electron chi connectivity index (χ0n) is 17.8. The Morgan fingerprint density at radius 2 is 1.93 bits per heavy atom. The molecule has 29 heavy (non-hydrogen) atoms. The quantitative estimate of drug-likeness (QED) is 0.463. The van der Waals surface area contributed by atoms with Gasteiger partial charge in [-0.25, -0.2) is 4.98 Å². The molecule has 0 spiro atoms.